The highest BCUT2D eigenvalue weighted by molar-refractivity contribution is 5.93. The highest BCUT2D eigenvalue weighted by Crippen LogP contribution is 2.34. The van der Waals surface area contributed by atoms with Gasteiger partial charge in [-0.3, -0.25) is 14.5 Å². The average molecular weight is 574 g/mol. The molecule has 0 N–H and O–H groups in total. The number of hydrogen-bond acceptors (Lipinski definition) is 8. The molecule has 11 nitrogen and oxygen atoms in total. The Balaban J connectivity index is 1.08. The monoisotopic (exact) mass is 573 g/mol. The van der Waals surface area contributed by atoms with Crippen molar-refractivity contribution < 1.29 is 9.21 Å². The van der Waals surface area contributed by atoms with Crippen LogP contribution in [0.4, 0.5) is 0 Å². The molecule has 1 amide bonds. The molecule has 1 saturated heterocycles. The zero-order valence-corrected chi connectivity index (χ0v) is 24.3. The summed E-state index contributed by atoms with van der Waals surface area (Å²) >= 11 is 0. The molecule has 0 spiro atoms. The second-order valence-corrected chi connectivity index (χ2v) is 11.0. The minimum absolute atomic E-state index is 0.0390. The molecule has 7 rings (SSSR count). The first-order valence-electron chi connectivity index (χ1n) is 14.4. The Bertz CT molecular complexity index is 1920. The van der Waals surface area contributed by atoms with Gasteiger partial charge in [0.1, 0.15) is 17.3 Å². The number of nitrogens with zero attached hydrogens (tertiary/aromatic N) is 9. The number of aromatic nitrogens is 8. The van der Waals surface area contributed by atoms with Gasteiger partial charge in [0.15, 0.2) is 11.4 Å². The standard InChI is InChI=1S/C32H31N9O2/c1-20-26(19-34-39(20)3)24-9-10-29-27(17-24)35-31(43-29)25-11-14-33-28(18-25)32(42)40-15-12-23(13-16-40)30(22-7-5-4-6-8-22)41-37-21(2)36-38-41/h4-11,14,17-19,23,30H,12-13,15-16H2,1-3H3/t30-/m1/s1. The minimum Gasteiger partial charge on any atom is -0.436 e. The van der Waals surface area contributed by atoms with E-state index in [2.05, 4.69) is 37.6 Å². The molecule has 1 atom stereocenters. The van der Waals surface area contributed by atoms with Crippen LogP contribution in [0.3, 0.4) is 0 Å². The third kappa shape index (κ3) is 5.07. The predicted molar refractivity (Wildman–Crippen MR) is 160 cm³/mol. The van der Waals surface area contributed by atoms with Gasteiger partial charge in [-0.1, -0.05) is 36.4 Å². The molecule has 43 heavy (non-hydrogen) atoms. The van der Waals surface area contributed by atoms with Gasteiger partial charge in [0, 0.05) is 43.2 Å². The first-order chi connectivity index (χ1) is 20.9. The lowest BCUT2D eigenvalue weighted by molar-refractivity contribution is 0.0658. The summed E-state index contributed by atoms with van der Waals surface area (Å²) in [6.45, 7) is 5.11. The van der Waals surface area contributed by atoms with Crippen molar-refractivity contribution in [2.45, 2.75) is 32.7 Å². The number of amides is 1. The summed E-state index contributed by atoms with van der Waals surface area (Å²) in [4.78, 5) is 26.3. The largest absolute Gasteiger partial charge is 0.436 e. The number of oxazole rings is 1. The molecule has 0 bridgehead atoms. The van der Waals surface area contributed by atoms with Crippen LogP contribution in [0.2, 0.25) is 0 Å². The number of benzene rings is 2. The summed E-state index contributed by atoms with van der Waals surface area (Å²) in [6, 6.07) is 19.7. The van der Waals surface area contributed by atoms with Crippen molar-refractivity contribution in [1.82, 2.24) is 44.9 Å². The number of carbonyl (C=O) groups excluding carboxylic acids is 1. The molecule has 0 aliphatic carbocycles. The number of piperidine rings is 1. The first kappa shape index (κ1) is 26.7. The topological polar surface area (TPSA) is 121 Å². The van der Waals surface area contributed by atoms with E-state index >= 15 is 0 Å². The van der Waals surface area contributed by atoms with E-state index in [0.717, 1.165) is 40.7 Å². The molecule has 2 aromatic carbocycles. The van der Waals surface area contributed by atoms with Crippen LogP contribution in [0, 0.1) is 19.8 Å². The molecular weight excluding hydrogens is 542 g/mol. The highest BCUT2D eigenvalue weighted by atomic mass is 16.3. The molecule has 0 saturated carbocycles. The van der Waals surface area contributed by atoms with Crippen molar-refractivity contribution >= 4 is 17.0 Å². The van der Waals surface area contributed by atoms with Crippen LogP contribution in [0.15, 0.2) is 77.5 Å². The van der Waals surface area contributed by atoms with E-state index in [9.17, 15) is 4.79 Å². The van der Waals surface area contributed by atoms with E-state index in [-0.39, 0.29) is 17.9 Å². The summed E-state index contributed by atoms with van der Waals surface area (Å²) < 4.78 is 7.93. The second-order valence-electron chi connectivity index (χ2n) is 11.0. The fourth-order valence-corrected chi connectivity index (χ4v) is 5.92. The van der Waals surface area contributed by atoms with E-state index in [0.29, 0.717) is 41.6 Å². The maximum Gasteiger partial charge on any atom is 0.272 e. The molecule has 0 unspecified atom stereocenters. The number of fused-ring (bicyclic) bond motifs is 1. The van der Waals surface area contributed by atoms with E-state index in [4.69, 9.17) is 9.40 Å². The van der Waals surface area contributed by atoms with Gasteiger partial charge < -0.3 is 9.32 Å². The third-order valence-corrected chi connectivity index (χ3v) is 8.35. The fourth-order valence-electron chi connectivity index (χ4n) is 5.92. The molecule has 6 aromatic rings. The lowest BCUT2D eigenvalue weighted by Crippen LogP contribution is -2.41. The predicted octanol–water partition coefficient (Wildman–Crippen LogP) is 5.04. The third-order valence-electron chi connectivity index (χ3n) is 8.35. The lowest BCUT2D eigenvalue weighted by Gasteiger charge is -2.35. The van der Waals surface area contributed by atoms with Crippen LogP contribution in [-0.2, 0) is 7.05 Å². The van der Waals surface area contributed by atoms with Crippen molar-refractivity contribution in [2.75, 3.05) is 13.1 Å². The molecule has 11 heteroatoms. The Morgan fingerprint density at radius 2 is 1.81 bits per heavy atom. The zero-order chi connectivity index (χ0) is 29.5. The van der Waals surface area contributed by atoms with E-state index < -0.39 is 0 Å². The van der Waals surface area contributed by atoms with Crippen LogP contribution in [0.25, 0.3) is 33.7 Å². The van der Waals surface area contributed by atoms with Crippen LogP contribution < -0.4 is 0 Å². The number of pyridine rings is 1. The molecule has 5 heterocycles. The molecular formula is C32H31N9O2. The van der Waals surface area contributed by atoms with Gasteiger partial charge in [0.25, 0.3) is 5.91 Å². The zero-order valence-electron chi connectivity index (χ0n) is 24.3. The Morgan fingerprint density at radius 3 is 2.53 bits per heavy atom. The maximum absolute atomic E-state index is 13.6. The van der Waals surface area contributed by atoms with Crippen molar-refractivity contribution in [3.05, 3.63) is 95.8 Å². The summed E-state index contributed by atoms with van der Waals surface area (Å²) in [5.41, 5.74) is 6.79. The van der Waals surface area contributed by atoms with Gasteiger partial charge in [-0.05, 0) is 73.2 Å². The summed E-state index contributed by atoms with van der Waals surface area (Å²) in [5, 5.41) is 17.3. The molecule has 0 radical (unpaired) electrons. The average Bonchev–Trinajstić information content (AvgIpc) is 3.76. The second kappa shape index (κ2) is 10.9. The first-order valence-corrected chi connectivity index (χ1v) is 14.4. The number of hydrogen-bond donors (Lipinski definition) is 0. The van der Waals surface area contributed by atoms with Crippen LogP contribution in [-0.4, -0.2) is 63.9 Å². The molecule has 1 aliphatic heterocycles. The van der Waals surface area contributed by atoms with Crippen molar-refractivity contribution in [1.29, 1.82) is 0 Å². The van der Waals surface area contributed by atoms with Gasteiger partial charge in [-0.25, -0.2) is 4.98 Å². The van der Waals surface area contributed by atoms with Crippen molar-refractivity contribution in [2.24, 2.45) is 13.0 Å². The fraction of sp³-hybridized carbons (Fsp3) is 0.281. The Labute approximate surface area is 248 Å². The molecule has 1 fully saturated rings. The Hall–Kier alpha value is -5.19. The van der Waals surface area contributed by atoms with E-state index in [1.807, 2.05) is 79.1 Å². The number of tetrazole rings is 1. The van der Waals surface area contributed by atoms with E-state index in [1.165, 1.54) is 0 Å². The number of likely N-dealkylation sites (tertiary alicyclic amines) is 1. The van der Waals surface area contributed by atoms with Crippen LogP contribution in [0.5, 0.6) is 0 Å². The normalized spacial score (nSPS) is 14.8. The quantitative estimate of drug-likeness (QED) is 0.272. The van der Waals surface area contributed by atoms with E-state index in [1.54, 1.807) is 17.1 Å². The van der Waals surface area contributed by atoms with Gasteiger partial charge in [0.2, 0.25) is 5.89 Å². The van der Waals surface area contributed by atoms with Crippen LogP contribution in [0.1, 0.15) is 46.5 Å². The summed E-state index contributed by atoms with van der Waals surface area (Å²) in [7, 11) is 1.93. The van der Waals surface area contributed by atoms with Gasteiger partial charge in [-0.15, -0.1) is 10.2 Å². The number of rotatable bonds is 6. The number of aryl methyl sites for hydroxylation is 2. The molecule has 4 aromatic heterocycles. The van der Waals surface area contributed by atoms with Crippen LogP contribution >= 0.6 is 0 Å². The Morgan fingerprint density at radius 1 is 1.00 bits per heavy atom. The van der Waals surface area contributed by atoms with Crippen molar-refractivity contribution in [3.63, 3.8) is 0 Å². The smallest absolute Gasteiger partial charge is 0.272 e. The van der Waals surface area contributed by atoms with Crippen molar-refractivity contribution in [3.8, 4) is 22.6 Å². The number of carbonyl (C=O) groups is 1. The van der Waals surface area contributed by atoms with Gasteiger partial charge >= 0.3 is 0 Å². The molecule has 216 valence electrons. The molecule has 1 aliphatic rings. The highest BCUT2D eigenvalue weighted by Gasteiger charge is 2.32. The minimum atomic E-state index is -0.100. The summed E-state index contributed by atoms with van der Waals surface area (Å²) in [6.07, 6.45) is 5.12. The SMILES string of the molecule is Cc1nnn([C@H](c2ccccc2)C2CCN(C(=O)c3cc(-c4nc5cc(-c6cnn(C)c6C)ccc5o4)ccn3)CC2)n1. The maximum atomic E-state index is 13.6. The Kier molecular flexibility index (Phi) is 6.77. The van der Waals surface area contributed by atoms with Gasteiger partial charge in [-0.2, -0.15) is 9.90 Å². The lowest BCUT2D eigenvalue weighted by atomic mass is 9.85. The van der Waals surface area contributed by atoms with Gasteiger partial charge in [0.05, 0.1) is 6.20 Å². The summed E-state index contributed by atoms with van der Waals surface area (Å²) in [5.74, 6) is 1.25.